The lowest BCUT2D eigenvalue weighted by atomic mass is 9.90. The summed E-state index contributed by atoms with van der Waals surface area (Å²) in [4.78, 5) is 99.3. The van der Waals surface area contributed by atoms with Gasteiger partial charge in [-0.1, -0.05) is 66.7 Å². The van der Waals surface area contributed by atoms with Gasteiger partial charge in [-0.05, 0) is 42.2 Å². The van der Waals surface area contributed by atoms with Gasteiger partial charge in [0.2, 0.25) is 35.4 Å². The Labute approximate surface area is 412 Å². The van der Waals surface area contributed by atoms with Crippen molar-refractivity contribution in [2.75, 3.05) is 13.2 Å². The van der Waals surface area contributed by atoms with E-state index in [1.165, 1.54) is 6.92 Å². The fourth-order valence-electron chi connectivity index (χ4n) is 8.49. The number of carboxylic acids is 1. The number of carboxylic acid groups (broad SMARTS) is 1. The number of carbonyl (C=O) groups excluding carboxylic acids is 6. The molecule has 23 heteroatoms. The highest BCUT2D eigenvalue weighted by Gasteiger charge is 2.46. The number of amides is 6. The van der Waals surface area contributed by atoms with Gasteiger partial charge in [0.25, 0.3) is 0 Å². The van der Waals surface area contributed by atoms with Crippen LogP contribution in [-0.4, -0.2) is 156 Å². The summed E-state index contributed by atoms with van der Waals surface area (Å²) >= 11 is 0. The average molecular weight is 1000 g/mol. The van der Waals surface area contributed by atoms with Crippen LogP contribution in [0.5, 0.6) is 0 Å². The second-order valence-corrected chi connectivity index (χ2v) is 17.7. The number of carbonyl (C=O) groups is 7. The van der Waals surface area contributed by atoms with E-state index in [9.17, 15) is 64.2 Å². The lowest BCUT2D eigenvalue weighted by molar-refractivity contribution is -0.232. The molecule has 0 spiro atoms. The van der Waals surface area contributed by atoms with Gasteiger partial charge >= 0.3 is 5.97 Å². The Morgan fingerprint density at radius 2 is 1.31 bits per heavy atom. The number of primary amides is 1. The van der Waals surface area contributed by atoms with Crippen LogP contribution in [0.15, 0.2) is 85.1 Å². The molecule has 1 aliphatic rings. The van der Waals surface area contributed by atoms with Crippen molar-refractivity contribution in [3.05, 3.63) is 107 Å². The van der Waals surface area contributed by atoms with E-state index in [0.29, 0.717) is 27.6 Å². The molecule has 23 nitrogen and oxygen atoms in total. The topological polar surface area (TPSA) is 394 Å². The number of H-pyrrole nitrogens is 2. The third kappa shape index (κ3) is 13.6. The molecule has 0 radical (unpaired) electrons. The van der Waals surface area contributed by atoms with Gasteiger partial charge in [0, 0.05) is 66.7 Å². The van der Waals surface area contributed by atoms with Crippen molar-refractivity contribution in [2.24, 2.45) is 11.5 Å². The van der Waals surface area contributed by atoms with E-state index >= 15 is 0 Å². The van der Waals surface area contributed by atoms with Crippen molar-refractivity contribution in [3.8, 4) is 0 Å². The van der Waals surface area contributed by atoms with Crippen LogP contribution in [0, 0.1) is 0 Å². The molecule has 0 aliphatic carbocycles. The fourth-order valence-corrected chi connectivity index (χ4v) is 8.49. The van der Waals surface area contributed by atoms with Crippen molar-refractivity contribution in [3.63, 3.8) is 0 Å². The highest BCUT2D eigenvalue weighted by atomic mass is 16.5. The van der Waals surface area contributed by atoms with Crippen molar-refractivity contribution in [1.29, 1.82) is 0 Å². The molecule has 11 atom stereocenters. The van der Waals surface area contributed by atoms with E-state index in [-0.39, 0.29) is 37.8 Å². The van der Waals surface area contributed by atoms with E-state index < -0.39 is 128 Å². The van der Waals surface area contributed by atoms with E-state index in [0.717, 1.165) is 10.9 Å². The molecule has 386 valence electrons. The largest absolute Gasteiger partial charge is 0.480 e. The summed E-state index contributed by atoms with van der Waals surface area (Å²) in [5.74, 6) is -6.47. The van der Waals surface area contributed by atoms with Gasteiger partial charge in [0.1, 0.15) is 60.7 Å². The molecule has 2 aromatic heterocycles. The van der Waals surface area contributed by atoms with Crippen molar-refractivity contribution < 1.29 is 68.9 Å². The molecule has 5 aromatic rings. The third-order valence-electron chi connectivity index (χ3n) is 12.5. The molecular weight excluding hydrogens is 939 g/mol. The first-order chi connectivity index (χ1) is 34.4. The summed E-state index contributed by atoms with van der Waals surface area (Å²) in [6.45, 7) is 0.161. The molecule has 0 unspecified atom stereocenters. The first kappa shape index (κ1) is 54.1. The number of aromatic nitrogens is 2. The molecule has 1 saturated heterocycles. The highest BCUT2D eigenvalue weighted by molar-refractivity contribution is 5.95. The van der Waals surface area contributed by atoms with Crippen LogP contribution in [-0.2, 0) is 57.6 Å². The molecule has 6 rings (SSSR count). The molecule has 0 saturated carbocycles. The number of hydrogen-bond donors (Lipinski definition) is 15. The zero-order chi connectivity index (χ0) is 52.2. The van der Waals surface area contributed by atoms with Crippen LogP contribution in [0.2, 0.25) is 0 Å². The molecular formula is C49H61N9O14. The number of nitrogens with two attached hydrogens (primary N) is 2. The minimum absolute atomic E-state index is 0.0939. The summed E-state index contributed by atoms with van der Waals surface area (Å²) in [5.41, 5.74) is 14.1. The second-order valence-electron chi connectivity index (χ2n) is 17.7. The quantitative estimate of drug-likeness (QED) is 0.0309. The smallest absolute Gasteiger partial charge is 0.326 e. The van der Waals surface area contributed by atoms with Crippen LogP contribution in [0.3, 0.4) is 0 Å². The minimum Gasteiger partial charge on any atom is -0.480 e. The Morgan fingerprint density at radius 3 is 1.97 bits per heavy atom. The van der Waals surface area contributed by atoms with Gasteiger partial charge in [-0.3, -0.25) is 28.8 Å². The Hall–Kier alpha value is -7.25. The van der Waals surface area contributed by atoms with E-state index in [1.807, 2.05) is 0 Å². The van der Waals surface area contributed by atoms with Gasteiger partial charge in [-0.25, -0.2) is 4.79 Å². The number of aliphatic hydroxyl groups is 5. The molecule has 0 bridgehead atoms. The summed E-state index contributed by atoms with van der Waals surface area (Å²) in [6, 6.07) is 15.3. The van der Waals surface area contributed by atoms with Gasteiger partial charge in [-0.15, -0.1) is 0 Å². The van der Waals surface area contributed by atoms with Crippen molar-refractivity contribution in [1.82, 2.24) is 36.6 Å². The van der Waals surface area contributed by atoms with Gasteiger partial charge in [-0.2, -0.15) is 0 Å². The van der Waals surface area contributed by atoms with Crippen LogP contribution in [0.4, 0.5) is 0 Å². The predicted octanol–water partition coefficient (Wildman–Crippen LogP) is -2.30. The van der Waals surface area contributed by atoms with E-state index in [2.05, 4.69) is 36.6 Å². The number of hydrogen-bond acceptors (Lipinski definition) is 14. The predicted molar refractivity (Wildman–Crippen MR) is 258 cm³/mol. The zero-order valence-corrected chi connectivity index (χ0v) is 39.2. The number of rotatable bonds is 24. The summed E-state index contributed by atoms with van der Waals surface area (Å²) in [6.07, 6.45) is -9.30. The molecule has 3 heterocycles. The average Bonchev–Trinajstić information content (AvgIpc) is 3.94. The number of para-hydroxylation sites is 2. The van der Waals surface area contributed by atoms with E-state index in [1.54, 1.807) is 85.1 Å². The summed E-state index contributed by atoms with van der Waals surface area (Å²) < 4.78 is 5.90. The van der Waals surface area contributed by atoms with Gasteiger partial charge in [0.05, 0.1) is 18.4 Å². The lowest BCUT2D eigenvalue weighted by Gasteiger charge is -2.40. The number of aliphatic hydroxyl groups excluding tert-OH is 5. The normalized spacial score (nSPS) is 20.3. The first-order valence-electron chi connectivity index (χ1n) is 23.3. The Morgan fingerprint density at radius 1 is 0.694 bits per heavy atom. The first-order valence-corrected chi connectivity index (χ1v) is 23.3. The summed E-state index contributed by atoms with van der Waals surface area (Å²) in [5, 5.41) is 76.6. The van der Waals surface area contributed by atoms with Crippen LogP contribution >= 0.6 is 0 Å². The molecule has 1 fully saturated rings. The molecule has 72 heavy (non-hydrogen) atoms. The highest BCUT2D eigenvalue weighted by Crippen LogP contribution is 2.37. The number of benzene rings is 3. The van der Waals surface area contributed by atoms with Crippen molar-refractivity contribution >= 4 is 63.2 Å². The maximum atomic E-state index is 14.4. The zero-order valence-electron chi connectivity index (χ0n) is 39.2. The van der Waals surface area contributed by atoms with Gasteiger partial charge in [0.15, 0.2) is 0 Å². The standard InChI is InChI=1S/C49H61N9O14/c1-24(60)39(51)48(69)57-33(19-25-9-3-2-4-10-25)47(68)56-34(21-29-28-12-6-8-14-31(28)55-40(29)44-43(65)42(64)41(63)36(23-59)72-44)45(66)52-18-17-38(62)54-32(15-16-37(50)61)46(67)58-35(49(70)71)20-26-22-53-30-13-7-5-11-27(26)30/h2-14,22,24,32-36,39,41-44,53,55,59-60,63-65H,15-21,23,51H2,1H3,(H2,50,61)(H,52,66)(H,54,62)(H,56,68)(H,57,69)(H,58,67)(H,70,71)/t24-,32+,33+,34+,35+,36-,39+,41-,42+,43+,44-/m1/s1. The van der Waals surface area contributed by atoms with Crippen LogP contribution in [0.1, 0.15) is 54.7 Å². The van der Waals surface area contributed by atoms with Crippen LogP contribution < -0.4 is 38.1 Å². The van der Waals surface area contributed by atoms with Crippen molar-refractivity contribution in [2.45, 2.75) is 112 Å². The number of nitrogens with one attached hydrogen (secondary N) is 7. The second kappa shape index (κ2) is 24.7. The summed E-state index contributed by atoms with van der Waals surface area (Å²) in [7, 11) is 0. The minimum atomic E-state index is -1.77. The van der Waals surface area contributed by atoms with Crippen LogP contribution in [0.25, 0.3) is 21.8 Å². The fraction of sp³-hybridized carbons (Fsp3) is 0.408. The number of aromatic amines is 2. The van der Waals surface area contributed by atoms with Gasteiger partial charge < -0.3 is 83.4 Å². The molecule has 17 N–H and O–H groups in total. The number of fused-ring (bicyclic) bond motifs is 2. The third-order valence-corrected chi connectivity index (χ3v) is 12.5. The SMILES string of the molecule is C[C@@H](O)[C@H](N)C(=O)N[C@@H](Cc1ccccc1)C(=O)N[C@@H](Cc1c([C@H]2O[C@H](CO)[C@@H](O)[C@H](O)[C@@H]2O)[nH]c2ccccc12)C(=O)NCCC(=O)N[C@@H](CCC(N)=O)C(=O)N[C@@H](Cc1c[nH]c2ccccc12)C(=O)O. The maximum Gasteiger partial charge on any atom is 0.326 e. The Bertz CT molecular complexity index is 2710. The lowest BCUT2D eigenvalue weighted by Crippen LogP contribution is -2.58. The number of ether oxygens (including phenoxy) is 1. The van der Waals surface area contributed by atoms with E-state index in [4.69, 9.17) is 16.2 Å². The molecule has 6 amide bonds. The Balaban J connectivity index is 1.24. The Kier molecular flexibility index (Phi) is 18.6. The maximum absolute atomic E-state index is 14.4. The monoisotopic (exact) mass is 999 g/mol. The number of aliphatic carboxylic acids is 1. The molecule has 1 aliphatic heterocycles. The molecule has 3 aromatic carbocycles.